The van der Waals surface area contributed by atoms with Crippen molar-refractivity contribution in [3.63, 3.8) is 0 Å². The number of hydrazone groups is 1. The Morgan fingerprint density at radius 2 is 2.04 bits per heavy atom. The Morgan fingerprint density at radius 1 is 1.28 bits per heavy atom. The van der Waals surface area contributed by atoms with Gasteiger partial charge in [0, 0.05) is 22.1 Å². The third-order valence-electron chi connectivity index (χ3n) is 3.35. The van der Waals surface area contributed by atoms with Gasteiger partial charge in [0.05, 0.1) is 17.7 Å². The van der Waals surface area contributed by atoms with Crippen molar-refractivity contribution in [3.8, 4) is 0 Å². The van der Waals surface area contributed by atoms with Gasteiger partial charge in [0.25, 0.3) is 17.5 Å². The van der Waals surface area contributed by atoms with E-state index >= 15 is 0 Å². The van der Waals surface area contributed by atoms with Gasteiger partial charge in [-0.15, -0.1) is 11.3 Å². The lowest BCUT2D eigenvalue weighted by atomic mass is 10.1. The van der Waals surface area contributed by atoms with Crippen molar-refractivity contribution in [2.45, 2.75) is 13.8 Å². The zero-order chi connectivity index (χ0) is 18.4. The van der Waals surface area contributed by atoms with Gasteiger partial charge in [-0.2, -0.15) is 5.10 Å². The van der Waals surface area contributed by atoms with Crippen molar-refractivity contribution >= 4 is 35.1 Å². The molecule has 0 radical (unpaired) electrons. The minimum Gasteiger partial charge on any atom is -0.343 e. The number of benzene rings is 1. The third kappa shape index (κ3) is 4.95. The number of hydrogen-bond acceptors (Lipinski definition) is 6. The number of carbonyl (C=O) groups excluding carboxylic acids is 2. The van der Waals surface area contributed by atoms with E-state index in [0.717, 1.165) is 10.4 Å². The Morgan fingerprint density at radius 3 is 2.68 bits per heavy atom. The molecule has 2 rings (SSSR count). The molecule has 0 bridgehead atoms. The third-order valence-corrected chi connectivity index (χ3v) is 4.30. The van der Waals surface area contributed by atoms with Crippen molar-refractivity contribution < 1.29 is 14.5 Å². The number of aryl methyl sites for hydroxylation is 2. The molecule has 9 heteroatoms. The fraction of sp³-hybridized carbons (Fsp3) is 0.188. The van der Waals surface area contributed by atoms with Crippen LogP contribution in [-0.4, -0.2) is 29.5 Å². The van der Waals surface area contributed by atoms with Crippen LogP contribution in [0, 0.1) is 24.0 Å². The van der Waals surface area contributed by atoms with E-state index < -0.39 is 16.7 Å². The first-order valence-electron chi connectivity index (χ1n) is 7.27. The van der Waals surface area contributed by atoms with Gasteiger partial charge >= 0.3 is 0 Å². The van der Waals surface area contributed by atoms with E-state index in [1.165, 1.54) is 35.8 Å². The SMILES string of the molecule is Cc1ccc(C(=O)NCC(=O)NN=Cc2sccc2C)cc1[N+](=O)[O-]. The Hall–Kier alpha value is -3.07. The monoisotopic (exact) mass is 360 g/mol. The summed E-state index contributed by atoms with van der Waals surface area (Å²) in [7, 11) is 0. The molecule has 2 aromatic rings. The van der Waals surface area contributed by atoms with Crippen LogP contribution in [-0.2, 0) is 4.79 Å². The fourth-order valence-corrected chi connectivity index (χ4v) is 2.72. The van der Waals surface area contributed by atoms with Crippen molar-refractivity contribution in [2.24, 2.45) is 5.10 Å². The van der Waals surface area contributed by atoms with Gasteiger partial charge in [0.15, 0.2) is 0 Å². The number of rotatable bonds is 6. The van der Waals surface area contributed by atoms with E-state index in [1.54, 1.807) is 6.92 Å². The molecule has 2 N–H and O–H groups in total. The lowest BCUT2D eigenvalue weighted by Gasteiger charge is -2.05. The van der Waals surface area contributed by atoms with Crippen LogP contribution in [0.1, 0.15) is 26.4 Å². The second kappa shape index (κ2) is 8.15. The van der Waals surface area contributed by atoms with Crippen LogP contribution in [0.5, 0.6) is 0 Å². The number of nitrogens with zero attached hydrogens (tertiary/aromatic N) is 2. The summed E-state index contributed by atoms with van der Waals surface area (Å²) < 4.78 is 0. The molecule has 1 heterocycles. The molecule has 0 aliphatic carbocycles. The molecule has 1 aromatic carbocycles. The predicted molar refractivity (Wildman–Crippen MR) is 95.0 cm³/mol. The van der Waals surface area contributed by atoms with Crippen LogP contribution in [0.25, 0.3) is 0 Å². The highest BCUT2D eigenvalue weighted by Crippen LogP contribution is 2.19. The van der Waals surface area contributed by atoms with Crippen molar-refractivity contribution in [1.82, 2.24) is 10.7 Å². The number of carbonyl (C=O) groups is 2. The van der Waals surface area contributed by atoms with E-state index in [9.17, 15) is 19.7 Å². The van der Waals surface area contributed by atoms with Gasteiger partial charge in [-0.05, 0) is 36.9 Å². The van der Waals surface area contributed by atoms with Crippen LogP contribution >= 0.6 is 11.3 Å². The summed E-state index contributed by atoms with van der Waals surface area (Å²) in [6.45, 7) is 3.22. The molecular weight excluding hydrogens is 344 g/mol. The predicted octanol–water partition coefficient (Wildman–Crippen LogP) is 2.15. The fourth-order valence-electron chi connectivity index (χ4n) is 1.93. The molecule has 0 saturated heterocycles. The average Bonchev–Trinajstić information content (AvgIpc) is 2.98. The average molecular weight is 360 g/mol. The lowest BCUT2D eigenvalue weighted by molar-refractivity contribution is -0.385. The Labute approximate surface area is 147 Å². The summed E-state index contributed by atoms with van der Waals surface area (Å²) in [4.78, 5) is 34.9. The first kappa shape index (κ1) is 18.3. The quantitative estimate of drug-likeness (QED) is 0.467. The first-order valence-corrected chi connectivity index (χ1v) is 8.15. The number of nitro groups is 1. The number of amides is 2. The Balaban J connectivity index is 1.88. The maximum atomic E-state index is 12.0. The molecule has 0 spiro atoms. The lowest BCUT2D eigenvalue weighted by Crippen LogP contribution is -2.34. The van der Waals surface area contributed by atoms with Crippen LogP contribution in [0.3, 0.4) is 0 Å². The van der Waals surface area contributed by atoms with Gasteiger partial charge in [0.2, 0.25) is 0 Å². The molecule has 0 unspecified atom stereocenters. The van der Waals surface area contributed by atoms with Crippen LogP contribution < -0.4 is 10.7 Å². The zero-order valence-electron chi connectivity index (χ0n) is 13.6. The summed E-state index contributed by atoms with van der Waals surface area (Å²) in [6, 6.07) is 6.07. The van der Waals surface area contributed by atoms with Gasteiger partial charge in [-0.25, -0.2) is 5.43 Å². The smallest absolute Gasteiger partial charge is 0.273 e. The van der Waals surface area contributed by atoms with Gasteiger partial charge in [-0.1, -0.05) is 6.07 Å². The normalized spacial score (nSPS) is 10.6. The molecule has 0 aliphatic heterocycles. The summed E-state index contributed by atoms with van der Waals surface area (Å²) in [6.07, 6.45) is 1.53. The molecule has 0 fully saturated rings. The molecule has 130 valence electrons. The van der Waals surface area contributed by atoms with E-state index in [1.807, 2.05) is 18.4 Å². The summed E-state index contributed by atoms with van der Waals surface area (Å²) in [5, 5.41) is 19.0. The molecule has 2 amide bonds. The van der Waals surface area contributed by atoms with Crippen molar-refractivity contribution in [1.29, 1.82) is 0 Å². The molecular formula is C16H16N4O4S. The first-order chi connectivity index (χ1) is 11.9. The second-order valence-corrected chi connectivity index (χ2v) is 6.15. The largest absolute Gasteiger partial charge is 0.343 e. The van der Waals surface area contributed by atoms with Crippen LogP contribution in [0.15, 0.2) is 34.7 Å². The van der Waals surface area contributed by atoms with E-state index in [-0.39, 0.29) is 17.8 Å². The maximum Gasteiger partial charge on any atom is 0.273 e. The number of nitrogens with one attached hydrogen (secondary N) is 2. The topological polar surface area (TPSA) is 114 Å². The van der Waals surface area contributed by atoms with Crippen molar-refractivity contribution in [3.05, 3.63) is 61.3 Å². The highest BCUT2D eigenvalue weighted by atomic mass is 32.1. The zero-order valence-corrected chi connectivity index (χ0v) is 14.4. The highest BCUT2D eigenvalue weighted by molar-refractivity contribution is 7.11. The number of hydrogen-bond donors (Lipinski definition) is 2. The number of nitro benzene ring substituents is 1. The molecule has 1 aromatic heterocycles. The molecule has 8 nitrogen and oxygen atoms in total. The maximum absolute atomic E-state index is 12.0. The summed E-state index contributed by atoms with van der Waals surface area (Å²) in [5.74, 6) is -1.07. The Kier molecular flexibility index (Phi) is 5.96. The molecule has 25 heavy (non-hydrogen) atoms. The van der Waals surface area contributed by atoms with Gasteiger partial charge in [0.1, 0.15) is 0 Å². The van der Waals surface area contributed by atoms with Gasteiger partial charge < -0.3 is 5.32 Å². The van der Waals surface area contributed by atoms with E-state index in [4.69, 9.17) is 0 Å². The summed E-state index contributed by atoms with van der Waals surface area (Å²) in [5.41, 5.74) is 3.79. The minimum atomic E-state index is -0.573. The van der Waals surface area contributed by atoms with E-state index in [2.05, 4.69) is 15.8 Å². The number of thiophene rings is 1. The summed E-state index contributed by atoms with van der Waals surface area (Å²) >= 11 is 1.50. The molecule has 0 atom stereocenters. The molecule has 0 saturated carbocycles. The second-order valence-electron chi connectivity index (χ2n) is 5.20. The van der Waals surface area contributed by atoms with Crippen LogP contribution in [0.4, 0.5) is 5.69 Å². The van der Waals surface area contributed by atoms with Gasteiger partial charge in [-0.3, -0.25) is 19.7 Å². The molecule has 0 aliphatic rings. The minimum absolute atomic E-state index is 0.114. The highest BCUT2D eigenvalue weighted by Gasteiger charge is 2.15. The van der Waals surface area contributed by atoms with E-state index in [0.29, 0.717) is 5.56 Å². The van der Waals surface area contributed by atoms with Crippen LogP contribution in [0.2, 0.25) is 0 Å². The standard InChI is InChI=1S/C16H16N4O4S/c1-10-3-4-12(7-13(10)20(23)24)16(22)17-9-15(21)19-18-8-14-11(2)5-6-25-14/h3-8H,9H2,1-2H3,(H,17,22)(H,19,21). The Bertz CT molecular complexity index is 844. The van der Waals surface area contributed by atoms with Crippen molar-refractivity contribution in [2.75, 3.05) is 6.54 Å².